The van der Waals surface area contributed by atoms with Gasteiger partial charge in [0, 0.05) is 17.8 Å². The van der Waals surface area contributed by atoms with Crippen molar-refractivity contribution in [2.75, 3.05) is 11.9 Å². The minimum absolute atomic E-state index is 0.141. The lowest BCUT2D eigenvalue weighted by molar-refractivity contribution is 0.102. The first kappa shape index (κ1) is 14.1. The van der Waals surface area contributed by atoms with E-state index in [0.717, 1.165) is 17.0 Å². The van der Waals surface area contributed by atoms with E-state index >= 15 is 0 Å². The Labute approximate surface area is 118 Å². The molecule has 4 nitrogen and oxygen atoms in total. The number of ether oxygens (including phenoxy) is 1. The SMILES string of the molecule is CCOc1ccc(NC(=O)c2ccc(CN)cc2)cc1. The molecular formula is C16H18N2O2. The Morgan fingerprint density at radius 2 is 1.75 bits per heavy atom. The molecule has 0 saturated carbocycles. The summed E-state index contributed by atoms with van der Waals surface area (Å²) in [7, 11) is 0. The Balaban J connectivity index is 2.02. The van der Waals surface area contributed by atoms with Crippen molar-refractivity contribution < 1.29 is 9.53 Å². The Morgan fingerprint density at radius 3 is 2.30 bits per heavy atom. The Bertz CT molecular complexity index is 562. The lowest BCUT2D eigenvalue weighted by Gasteiger charge is -2.07. The molecule has 4 heteroatoms. The van der Waals surface area contributed by atoms with E-state index in [4.69, 9.17) is 10.5 Å². The summed E-state index contributed by atoms with van der Waals surface area (Å²) in [6, 6.07) is 14.5. The van der Waals surface area contributed by atoms with Crippen molar-refractivity contribution in [3.05, 3.63) is 59.7 Å². The third-order valence-corrected chi connectivity index (χ3v) is 2.88. The quantitative estimate of drug-likeness (QED) is 0.878. The van der Waals surface area contributed by atoms with Crippen LogP contribution in [-0.4, -0.2) is 12.5 Å². The monoisotopic (exact) mass is 270 g/mol. The fourth-order valence-corrected chi connectivity index (χ4v) is 1.80. The summed E-state index contributed by atoms with van der Waals surface area (Å²) in [6.45, 7) is 3.03. The smallest absolute Gasteiger partial charge is 0.255 e. The first-order valence-corrected chi connectivity index (χ1v) is 6.56. The van der Waals surface area contributed by atoms with Crippen LogP contribution in [0.2, 0.25) is 0 Å². The zero-order valence-corrected chi connectivity index (χ0v) is 11.4. The van der Waals surface area contributed by atoms with Crippen LogP contribution in [0.25, 0.3) is 0 Å². The maximum Gasteiger partial charge on any atom is 0.255 e. The molecule has 0 aliphatic carbocycles. The average molecular weight is 270 g/mol. The summed E-state index contributed by atoms with van der Waals surface area (Å²) in [6.07, 6.45) is 0. The highest BCUT2D eigenvalue weighted by atomic mass is 16.5. The van der Waals surface area contributed by atoms with Gasteiger partial charge in [0.2, 0.25) is 0 Å². The van der Waals surface area contributed by atoms with E-state index in [2.05, 4.69) is 5.32 Å². The number of benzene rings is 2. The van der Waals surface area contributed by atoms with Crippen molar-refractivity contribution in [1.29, 1.82) is 0 Å². The van der Waals surface area contributed by atoms with Gasteiger partial charge in [-0.3, -0.25) is 4.79 Å². The van der Waals surface area contributed by atoms with Gasteiger partial charge in [-0.15, -0.1) is 0 Å². The van der Waals surface area contributed by atoms with Gasteiger partial charge in [-0.25, -0.2) is 0 Å². The van der Waals surface area contributed by atoms with E-state index in [9.17, 15) is 4.79 Å². The molecule has 0 spiro atoms. The summed E-state index contributed by atoms with van der Waals surface area (Å²) in [5.74, 6) is 0.649. The highest BCUT2D eigenvalue weighted by Gasteiger charge is 2.05. The minimum atomic E-state index is -0.141. The van der Waals surface area contributed by atoms with Crippen LogP contribution in [0.15, 0.2) is 48.5 Å². The summed E-state index contributed by atoms with van der Waals surface area (Å²) < 4.78 is 5.35. The Morgan fingerprint density at radius 1 is 1.10 bits per heavy atom. The van der Waals surface area contributed by atoms with Gasteiger partial charge in [-0.1, -0.05) is 12.1 Å². The summed E-state index contributed by atoms with van der Waals surface area (Å²) in [4.78, 5) is 12.1. The van der Waals surface area contributed by atoms with Crippen molar-refractivity contribution in [3.8, 4) is 5.75 Å². The van der Waals surface area contributed by atoms with E-state index in [-0.39, 0.29) is 5.91 Å². The van der Waals surface area contributed by atoms with Gasteiger partial charge in [0.05, 0.1) is 6.61 Å². The van der Waals surface area contributed by atoms with Crippen LogP contribution in [0.3, 0.4) is 0 Å². The second kappa shape index (κ2) is 6.73. The van der Waals surface area contributed by atoms with Gasteiger partial charge in [0.1, 0.15) is 5.75 Å². The summed E-state index contributed by atoms with van der Waals surface area (Å²) in [5.41, 5.74) is 7.87. The summed E-state index contributed by atoms with van der Waals surface area (Å²) >= 11 is 0. The van der Waals surface area contributed by atoms with Gasteiger partial charge in [-0.05, 0) is 48.9 Å². The molecule has 0 aromatic heterocycles. The number of carbonyl (C=O) groups excluding carboxylic acids is 1. The van der Waals surface area contributed by atoms with Gasteiger partial charge < -0.3 is 15.8 Å². The largest absolute Gasteiger partial charge is 0.494 e. The van der Waals surface area contributed by atoms with Crippen LogP contribution in [-0.2, 0) is 6.54 Å². The molecule has 0 saturated heterocycles. The molecule has 0 unspecified atom stereocenters. The van der Waals surface area contributed by atoms with E-state index in [1.54, 1.807) is 12.1 Å². The van der Waals surface area contributed by atoms with Crippen LogP contribution in [0.4, 0.5) is 5.69 Å². The second-order valence-electron chi connectivity index (χ2n) is 4.31. The number of rotatable bonds is 5. The van der Waals surface area contributed by atoms with E-state index in [1.807, 2.05) is 43.3 Å². The van der Waals surface area contributed by atoms with Crippen LogP contribution in [0, 0.1) is 0 Å². The first-order valence-electron chi connectivity index (χ1n) is 6.56. The molecule has 0 fully saturated rings. The minimum Gasteiger partial charge on any atom is -0.494 e. The molecule has 2 rings (SSSR count). The molecule has 104 valence electrons. The van der Waals surface area contributed by atoms with Crippen LogP contribution >= 0.6 is 0 Å². The van der Waals surface area contributed by atoms with Gasteiger partial charge in [0.15, 0.2) is 0 Å². The maximum atomic E-state index is 12.1. The number of anilines is 1. The Hall–Kier alpha value is -2.33. The lowest BCUT2D eigenvalue weighted by Crippen LogP contribution is -2.12. The topological polar surface area (TPSA) is 64.3 Å². The van der Waals surface area contributed by atoms with Gasteiger partial charge >= 0.3 is 0 Å². The van der Waals surface area contributed by atoms with Crippen LogP contribution in [0.5, 0.6) is 5.75 Å². The number of nitrogens with one attached hydrogen (secondary N) is 1. The number of hydrogen-bond acceptors (Lipinski definition) is 3. The zero-order chi connectivity index (χ0) is 14.4. The molecule has 1 amide bonds. The fourth-order valence-electron chi connectivity index (χ4n) is 1.80. The normalized spacial score (nSPS) is 10.1. The number of hydrogen-bond donors (Lipinski definition) is 2. The van der Waals surface area contributed by atoms with E-state index in [0.29, 0.717) is 18.7 Å². The van der Waals surface area contributed by atoms with Crippen molar-refractivity contribution in [2.24, 2.45) is 5.73 Å². The third-order valence-electron chi connectivity index (χ3n) is 2.88. The molecular weight excluding hydrogens is 252 g/mol. The van der Waals surface area contributed by atoms with E-state index in [1.165, 1.54) is 0 Å². The maximum absolute atomic E-state index is 12.1. The number of amides is 1. The molecule has 2 aromatic rings. The molecule has 0 heterocycles. The van der Waals surface area contributed by atoms with Gasteiger partial charge in [0.25, 0.3) is 5.91 Å². The molecule has 0 aliphatic rings. The summed E-state index contributed by atoms with van der Waals surface area (Å²) in [5, 5.41) is 2.84. The molecule has 3 N–H and O–H groups in total. The highest BCUT2D eigenvalue weighted by molar-refractivity contribution is 6.04. The van der Waals surface area contributed by atoms with Crippen molar-refractivity contribution in [1.82, 2.24) is 0 Å². The molecule has 0 aliphatic heterocycles. The first-order chi connectivity index (χ1) is 9.72. The lowest BCUT2D eigenvalue weighted by atomic mass is 10.1. The highest BCUT2D eigenvalue weighted by Crippen LogP contribution is 2.16. The van der Waals surface area contributed by atoms with E-state index < -0.39 is 0 Å². The molecule has 2 aromatic carbocycles. The zero-order valence-electron chi connectivity index (χ0n) is 11.4. The Kier molecular flexibility index (Phi) is 4.74. The predicted molar refractivity (Wildman–Crippen MR) is 79.9 cm³/mol. The van der Waals surface area contributed by atoms with Crippen LogP contribution < -0.4 is 15.8 Å². The number of nitrogens with two attached hydrogens (primary N) is 1. The van der Waals surface area contributed by atoms with Crippen LogP contribution in [0.1, 0.15) is 22.8 Å². The van der Waals surface area contributed by atoms with Gasteiger partial charge in [-0.2, -0.15) is 0 Å². The molecule has 0 bridgehead atoms. The van der Waals surface area contributed by atoms with Crippen molar-refractivity contribution in [2.45, 2.75) is 13.5 Å². The van der Waals surface area contributed by atoms with Crippen molar-refractivity contribution >= 4 is 11.6 Å². The number of carbonyl (C=O) groups is 1. The third kappa shape index (κ3) is 3.59. The molecule has 20 heavy (non-hydrogen) atoms. The predicted octanol–water partition coefficient (Wildman–Crippen LogP) is 2.80. The second-order valence-corrected chi connectivity index (χ2v) is 4.31. The average Bonchev–Trinajstić information content (AvgIpc) is 2.49. The molecule has 0 radical (unpaired) electrons. The molecule has 0 atom stereocenters. The fraction of sp³-hybridized carbons (Fsp3) is 0.188. The van der Waals surface area contributed by atoms with Crippen molar-refractivity contribution in [3.63, 3.8) is 0 Å². The standard InChI is InChI=1S/C16H18N2O2/c1-2-20-15-9-7-14(8-10-15)18-16(19)13-5-3-12(11-17)4-6-13/h3-10H,2,11,17H2,1H3,(H,18,19).